The van der Waals surface area contributed by atoms with Crippen LogP contribution in [0.25, 0.3) is 10.9 Å². The largest absolute Gasteiger partial charge is 0.481 e. The summed E-state index contributed by atoms with van der Waals surface area (Å²) in [7, 11) is 0. The van der Waals surface area contributed by atoms with Crippen molar-refractivity contribution in [2.75, 3.05) is 13.2 Å². The van der Waals surface area contributed by atoms with Gasteiger partial charge in [0, 0.05) is 11.9 Å². The van der Waals surface area contributed by atoms with Gasteiger partial charge in [0.2, 0.25) is 0 Å². The number of benzene rings is 2. The number of aromatic nitrogens is 1. The Balaban J connectivity index is 1.62. The number of hydrogen-bond donors (Lipinski definition) is 1. The summed E-state index contributed by atoms with van der Waals surface area (Å²) in [6, 6.07) is 16.7. The lowest BCUT2D eigenvalue weighted by Crippen LogP contribution is -2.26. The lowest BCUT2D eigenvalue weighted by Gasteiger charge is -2.09. The number of carbonyl (C=O) groups is 1. The molecular formula is C21H17ClN2O2. The number of halogens is 1. The summed E-state index contributed by atoms with van der Waals surface area (Å²) in [5.41, 5.74) is 2.32. The minimum atomic E-state index is -0.167. The molecule has 3 rings (SSSR count). The minimum Gasteiger partial charge on any atom is -0.481 e. The van der Waals surface area contributed by atoms with Gasteiger partial charge >= 0.3 is 0 Å². The topological polar surface area (TPSA) is 51.2 Å². The smallest absolute Gasteiger partial charge is 0.252 e. The van der Waals surface area contributed by atoms with Crippen LogP contribution in [0.3, 0.4) is 0 Å². The van der Waals surface area contributed by atoms with E-state index < -0.39 is 0 Å². The average Bonchev–Trinajstić information content (AvgIpc) is 2.66. The summed E-state index contributed by atoms with van der Waals surface area (Å²) >= 11 is 6.03. The predicted molar refractivity (Wildman–Crippen MR) is 104 cm³/mol. The van der Waals surface area contributed by atoms with E-state index in [1.54, 1.807) is 6.07 Å². The van der Waals surface area contributed by atoms with Gasteiger partial charge in [0.05, 0.1) is 11.1 Å². The Hall–Kier alpha value is -3.03. The molecule has 0 radical (unpaired) electrons. The second-order valence-corrected chi connectivity index (χ2v) is 6.04. The zero-order chi connectivity index (χ0) is 18.4. The quantitative estimate of drug-likeness (QED) is 0.533. The van der Waals surface area contributed by atoms with Crippen molar-refractivity contribution >= 4 is 28.4 Å². The number of para-hydroxylation sites is 1. The van der Waals surface area contributed by atoms with Crippen LogP contribution < -0.4 is 10.1 Å². The number of fused-ring (bicyclic) bond motifs is 1. The van der Waals surface area contributed by atoms with E-state index in [2.05, 4.69) is 16.2 Å². The molecule has 0 aliphatic heterocycles. The highest BCUT2D eigenvalue weighted by Gasteiger charge is 2.12. The normalized spacial score (nSPS) is 10.3. The van der Waals surface area contributed by atoms with Crippen LogP contribution in [0.1, 0.15) is 15.9 Å². The van der Waals surface area contributed by atoms with E-state index in [1.165, 1.54) is 0 Å². The van der Waals surface area contributed by atoms with Crippen LogP contribution in [0.4, 0.5) is 0 Å². The van der Waals surface area contributed by atoms with E-state index in [1.807, 2.05) is 48.5 Å². The standard InChI is InChI=1S/C21H17ClN2O2/c1-2-13-26-16-9-7-15(8-10-16)11-12-23-21(25)18-14-20(22)24-19-6-4-3-5-17(18)19/h1,3-10,14H,11-13H2,(H,23,25). The van der Waals surface area contributed by atoms with Crippen molar-refractivity contribution < 1.29 is 9.53 Å². The highest BCUT2D eigenvalue weighted by Crippen LogP contribution is 2.20. The van der Waals surface area contributed by atoms with Crippen molar-refractivity contribution in [2.24, 2.45) is 0 Å². The van der Waals surface area contributed by atoms with Crippen molar-refractivity contribution in [3.8, 4) is 18.1 Å². The Morgan fingerprint density at radius 2 is 1.96 bits per heavy atom. The summed E-state index contributed by atoms with van der Waals surface area (Å²) < 4.78 is 5.34. The van der Waals surface area contributed by atoms with E-state index in [9.17, 15) is 4.79 Å². The molecule has 1 N–H and O–H groups in total. The molecule has 2 aromatic carbocycles. The molecule has 0 atom stereocenters. The summed E-state index contributed by atoms with van der Waals surface area (Å²) in [5.74, 6) is 2.99. The number of amides is 1. The SMILES string of the molecule is C#CCOc1ccc(CCNC(=O)c2cc(Cl)nc3ccccc23)cc1. The van der Waals surface area contributed by atoms with Crippen LogP contribution in [0, 0.1) is 12.3 Å². The average molecular weight is 365 g/mol. The fourth-order valence-corrected chi connectivity index (χ4v) is 2.82. The molecule has 26 heavy (non-hydrogen) atoms. The van der Waals surface area contributed by atoms with Gasteiger partial charge < -0.3 is 10.1 Å². The van der Waals surface area contributed by atoms with E-state index in [0.717, 1.165) is 16.7 Å². The Morgan fingerprint density at radius 1 is 1.19 bits per heavy atom. The first kappa shape index (κ1) is 17.8. The van der Waals surface area contributed by atoms with Gasteiger partial charge in [-0.05, 0) is 36.2 Å². The summed E-state index contributed by atoms with van der Waals surface area (Å²) in [6.45, 7) is 0.759. The van der Waals surface area contributed by atoms with Gasteiger partial charge in [-0.1, -0.05) is 47.9 Å². The van der Waals surface area contributed by atoms with Gasteiger partial charge in [-0.15, -0.1) is 6.42 Å². The zero-order valence-corrected chi connectivity index (χ0v) is 14.8. The maximum atomic E-state index is 12.5. The predicted octanol–water partition coefficient (Wildman–Crippen LogP) is 3.87. The molecule has 130 valence electrons. The molecule has 3 aromatic rings. The second-order valence-electron chi connectivity index (χ2n) is 5.65. The molecule has 0 fully saturated rings. The third kappa shape index (κ3) is 4.33. The molecule has 0 unspecified atom stereocenters. The van der Waals surface area contributed by atoms with Crippen molar-refractivity contribution in [3.63, 3.8) is 0 Å². The first-order chi connectivity index (χ1) is 12.7. The first-order valence-corrected chi connectivity index (χ1v) is 8.54. The number of nitrogens with one attached hydrogen (secondary N) is 1. The third-order valence-corrected chi connectivity index (χ3v) is 4.07. The molecule has 0 aliphatic rings. The summed E-state index contributed by atoms with van der Waals surface area (Å²) in [6.07, 6.45) is 5.87. The first-order valence-electron chi connectivity index (χ1n) is 8.16. The van der Waals surface area contributed by atoms with Crippen LogP contribution in [0.2, 0.25) is 5.15 Å². The second kappa shape index (κ2) is 8.37. The van der Waals surface area contributed by atoms with E-state index >= 15 is 0 Å². The molecule has 0 aliphatic carbocycles. The van der Waals surface area contributed by atoms with Crippen LogP contribution in [0.5, 0.6) is 5.75 Å². The molecule has 1 heterocycles. The molecule has 0 bridgehead atoms. The Morgan fingerprint density at radius 3 is 2.73 bits per heavy atom. The highest BCUT2D eigenvalue weighted by atomic mass is 35.5. The molecule has 1 amide bonds. The lowest BCUT2D eigenvalue weighted by molar-refractivity contribution is 0.0955. The number of carbonyl (C=O) groups excluding carboxylic acids is 1. The summed E-state index contributed by atoms with van der Waals surface area (Å²) in [4.78, 5) is 16.8. The van der Waals surface area contributed by atoms with Crippen molar-refractivity contribution in [3.05, 3.63) is 70.9 Å². The van der Waals surface area contributed by atoms with Gasteiger partial charge in [-0.3, -0.25) is 4.79 Å². The lowest BCUT2D eigenvalue weighted by atomic mass is 10.1. The zero-order valence-electron chi connectivity index (χ0n) is 14.0. The minimum absolute atomic E-state index is 0.167. The number of nitrogens with zero attached hydrogens (tertiary/aromatic N) is 1. The van der Waals surface area contributed by atoms with Gasteiger partial charge in [0.1, 0.15) is 17.5 Å². The van der Waals surface area contributed by atoms with E-state index in [0.29, 0.717) is 29.2 Å². The van der Waals surface area contributed by atoms with Gasteiger partial charge in [0.25, 0.3) is 5.91 Å². The van der Waals surface area contributed by atoms with Crippen LogP contribution in [0.15, 0.2) is 54.6 Å². The third-order valence-electron chi connectivity index (χ3n) is 3.87. The fraction of sp³-hybridized carbons (Fsp3) is 0.143. The van der Waals surface area contributed by atoms with Gasteiger partial charge in [-0.2, -0.15) is 0 Å². The van der Waals surface area contributed by atoms with Crippen molar-refractivity contribution in [1.82, 2.24) is 10.3 Å². The molecule has 0 saturated carbocycles. The Kier molecular flexibility index (Phi) is 5.73. The number of ether oxygens (including phenoxy) is 1. The molecule has 0 saturated heterocycles. The van der Waals surface area contributed by atoms with Crippen LogP contribution in [-0.2, 0) is 6.42 Å². The maximum Gasteiger partial charge on any atom is 0.252 e. The van der Waals surface area contributed by atoms with E-state index in [4.69, 9.17) is 22.8 Å². The number of pyridine rings is 1. The molecule has 1 aromatic heterocycles. The maximum absolute atomic E-state index is 12.5. The fourth-order valence-electron chi connectivity index (χ4n) is 2.62. The van der Waals surface area contributed by atoms with Crippen molar-refractivity contribution in [1.29, 1.82) is 0 Å². The highest BCUT2D eigenvalue weighted by molar-refractivity contribution is 6.30. The van der Waals surface area contributed by atoms with E-state index in [-0.39, 0.29) is 12.5 Å². The molecule has 0 spiro atoms. The van der Waals surface area contributed by atoms with Gasteiger partial charge in [0.15, 0.2) is 0 Å². The molecular weight excluding hydrogens is 348 g/mol. The monoisotopic (exact) mass is 364 g/mol. The molecule has 5 heteroatoms. The van der Waals surface area contributed by atoms with Crippen LogP contribution in [-0.4, -0.2) is 24.0 Å². The Labute approximate surface area is 157 Å². The number of rotatable bonds is 6. The summed E-state index contributed by atoms with van der Waals surface area (Å²) in [5, 5.41) is 4.02. The van der Waals surface area contributed by atoms with Gasteiger partial charge in [-0.25, -0.2) is 4.98 Å². The Bertz CT molecular complexity index is 962. The van der Waals surface area contributed by atoms with Crippen LogP contribution >= 0.6 is 11.6 Å². The van der Waals surface area contributed by atoms with Crippen molar-refractivity contribution in [2.45, 2.75) is 6.42 Å². The number of terminal acetylenes is 1. The molecule has 4 nitrogen and oxygen atoms in total. The number of hydrogen-bond acceptors (Lipinski definition) is 3.